The molecule has 0 aromatic rings. The number of hydrogen-bond donors (Lipinski definition) is 12. The number of rotatable bonds is 14. The summed E-state index contributed by atoms with van der Waals surface area (Å²) >= 11 is 0. The second-order valence-electron chi connectivity index (χ2n) is 22.1. The third-order valence-corrected chi connectivity index (χ3v) is 18.1. The molecule has 0 aromatic carbocycles. The predicted octanol–water partition coefficient (Wildman–Crippen LogP) is -0.390. The highest BCUT2D eigenvalue weighted by atomic mass is 16.8. The smallest absolute Gasteiger partial charge is 0.335 e. The molecular weight excluding hydrogens is 868 g/mol. The number of hydrogen-bond acceptors (Lipinski definition) is 18. The number of carbonyl (C=O) groups is 1. The van der Waals surface area contributed by atoms with Gasteiger partial charge in [0.05, 0.1) is 37.1 Å². The Morgan fingerprint density at radius 3 is 1.92 bits per heavy atom. The summed E-state index contributed by atoms with van der Waals surface area (Å²) < 4.78 is 36.5. The lowest BCUT2D eigenvalue weighted by atomic mass is 9.44. The minimum atomic E-state index is -2.10. The van der Waals surface area contributed by atoms with Gasteiger partial charge in [-0.2, -0.15) is 0 Å². The van der Waals surface area contributed by atoms with Gasteiger partial charge in [0.1, 0.15) is 61.0 Å². The van der Waals surface area contributed by atoms with Crippen molar-refractivity contribution in [2.45, 2.75) is 223 Å². The number of aliphatic carboxylic acids is 1. The molecule has 0 bridgehead atoms. The molecule has 7 aliphatic rings. The summed E-state index contributed by atoms with van der Waals surface area (Å²) in [6, 6.07) is 0. The van der Waals surface area contributed by atoms with Crippen molar-refractivity contribution in [3.63, 3.8) is 0 Å². The Bertz CT molecular complexity index is 1620. The Morgan fingerprint density at radius 1 is 0.697 bits per heavy atom. The minimum absolute atomic E-state index is 0.0187. The standard InChI is InChI=1S/C47H80O19/c1-8-23(18(2)3)26(50)15-19(4)28-38(32(53)29-24-10-9-21-16-22(49)11-13-46(21,6)25(24)12-14-47(28,29)7)63-45-40(65-44-36(57)34(55)31(52)27(17-48)62-44)37(58)39(41(66-45)42(59)60)64-43-35(56)33(54)30(51)20(5)61-43/h18-41,43-45,48-58H,8-17H2,1-7H3,(H,59,60)/t19-,20+,21+,22+,23-,24-,25+,26+,27-,28+,29-,30+,31-,32+,33-,34+,35-,36-,37+,38-,39+,40-,41+,43+,44+,45-,46+,47-/m1/s1. The first-order valence-corrected chi connectivity index (χ1v) is 24.6. The summed E-state index contributed by atoms with van der Waals surface area (Å²) in [5.74, 6) is -1.92. The molecular formula is C47H80O19. The highest BCUT2D eigenvalue weighted by molar-refractivity contribution is 5.73. The minimum Gasteiger partial charge on any atom is -0.479 e. The zero-order valence-corrected chi connectivity index (χ0v) is 39.4. The van der Waals surface area contributed by atoms with E-state index in [0.717, 1.165) is 38.5 Å². The van der Waals surface area contributed by atoms with E-state index >= 15 is 0 Å². The third kappa shape index (κ3) is 9.39. The molecule has 7 rings (SSSR count). The van der Waals surface area contributed by atoms with E-state index in [2.05, 4.69) is 27.7 Å². The van der Waals surface area contributed by atoms with Gasteiger partial charge < -0.3 is 89.7 Å². The second kappa shape index (κ2) is 20.5. The summed E-state index contributed by atoms with van der Waals surface area (Å²) in [6.45, 7) is 13.3. The largest absolute Gasteiger partial charge is 0.479 e. The lowest BCUT2D eigenvalue weighted by Gasteiger charge is -2.61. The van der Waals surface area contributed by atoms with E-state index in [9.17, 15) is 66.1 Å². The molecule has 66 heavy (non-hydrogen) atoms. The SMILES string of the molecule is CC[C@H](C(C)C)[C@@H](O)C[C@@H](C)[C@H]1[C@@H](O[C@@H]2O[C@H](C(=O)O)[C@@H](O[C@@H]3O[C@@H](C)[C@H](O)[C@@H](O)[C@H]3O)[C@H](O)[C@H]2O[C@@H]2O[C@H](CO)[C@@H](O)[C@H](O)[C@H]2O)[C@@H](O)[C@H]2[C@@H]3CC[C@H]4C[C@@H](O)CC[C@]4(C)[C@H]3CC[C@]12C. The summed E-state index contributed by atoms with van der Waals surface area (Å²) in [5, 5.41) is 133. The average molecular weight is 949 g/mol. The van der Waals surface area contributed by atoms with Crippen molar-refractivity contribution in [1.82, 2.24) is 0 Å². The van der Waals surface area contributed by atoms with Crippen molar-refractivity contribution in [3.8, 4) is 0 Å². The molecule has 0 amide bonds. The molecule has 0 spiro atoms. The Labute approximate surface area is 387 Å². The van der Waals surface area contributed by atoms with Crippen LogP contribution in [0.4, 0.5) is 0 Å². The number of aliphatic hydroxyl groups is 11. The van der Waals surface area contributed by atoms with Crippen LogP contribution in [0.2, 0.25) is 0 Å². The lowest BCUT2D eigenvalue weighted by molar-refractivity contribution is -0.388. The fraction of sp³-hybridized carbons (Fsp3) is 0.979. The Kier molecular flexibility index (Phi) is 16.3. The van der Waals surface area contributed by atoms with Crippen molar-refractivity contribution in [2.24, 2.45) is 58.2 Å². The zero-order chi connectivity index (χ0) is 48.5. The Balaban J connectivity index is 1.27. The lowest BCUT2D eigenvalue weighted by Crippen LogP contribution is -2.67. The number of aliphatic hydroxyl groups excluding tert-OH is 11. The van der Waals surface area contributed by atoms with Crippen LogP contribution in [0.25, 0.3) is 0 Å². The van der Waals surface area contributed by atoms with Gasteiger partial charge in [0, 0.05) is 0 Å². The number of carboxylic acids is 1. The highest BCUT2D eigenvalue weighted by Crippen LogP contribution is 2.69. The van der Waals surface area contributed by atoms with E-state index in [0.29, 0.717) is 25.2 Å². The molecule has 3 heterocycles. The molecule has 0 unspecified atom stereocenters. The number of fused-ring (bicyclic) bond motifs is 5. The van der Waals surface area contributed by atoms with Crippen molar-refractivity contribution in [3.05, 3.63) is 0 Å². The van der Waals surface area contributed by atoms with Crippen LogP contribution in [0.1, 0.15) is 106 Å². The van der Waals surface area contributed by atoms with Gasteiger partial charge in [-0.1, -0.05) is 48.0 Å². The second-order valence-corrected chi connectivity index (χ2v) is 22.1. The zero-order valence-electron chi connectivity index (χ0n) is 39.4. The van der Waals surface area contributed by atoms with E-state index in [4.69, 9.17) is 28.4 Å². The van der Waals surface area contributed by atoms with Crippen LogP contribution in [-0.2, 0) is 33.2 Å². The van der Waals surface area contributed by atoms with Crippen LogP contribution in [0.5, 0.6) is 0 Å². The molecule has 12 N–H and O–H groups in total. The van der Waals surface area contributed by atoms with E-state index in [-0.39, 0.29) is 47.0 Å². The maximum Gasteiger partial charge on any atom is 0.335 e. The molecule has 19 nitrogen and oxygen atoms in total. The van der Waals surface area contributed by atoms with Gasteiger partial charge in [0.15, 0.2) is 25.0 Å². The van der Waals surface area contributed by atoms with Gasteiger partial charge in [0.2, 0.25) is 0 Å². The van der Waals surface area contributed by atoms with E-state index in [1.54, 1.807) is 0 Å². The molecule has 0 radical (unpaired) electrons. The van der Waals surface area contributed by atoms with Gasteiger partial charge in [-0.05, 0) is 116 Å². The van der Waals surface area contributed by atoms with Crippen LogP contribution in [-0.4, -0.2) is 190 Å². The Hall–Kier alpha value is -1.21. The highest BCUT2D eigenvalue weighted by Gasteiger charge is 2.68. The molecule has 28 atom stereocenters. The van der Waals surface area contributed by atoms with Gasteiger partial charge >= 0.3 is 5.97 Å². The van der Waals surface area contributed by atoms with Crippen molar-refractivity contribution < 1.29 is 94.5 Å². The van der Waals surface area contributed by atoms with Crippen molar-refractivity contribution >= 4 is 5.97 Å². The van der Waals surface area contributed by atoms with Gasteiger partial charge in [-0.3, -0.25) is 0 Å². The van der Waals surface area contributed by atoms with Crippen molar-refractivity contribution in [2.75, 3.05) is 6.61 Å². The number of ether oxygens (including phenoxy) is 6. The molecule has 19 heteroatoms. The van der Waals surface area contributed by atoms with Crippen LogP contribution in [0.15, 0.2) is 0 Å². The quantitative estimate of drug-likeness (QED) is 0.106. The molecule has 382 valence electrons. The molecule has 3 aliphatic heterocycles. The first-order chi connectivity index (χ1) is 31.0. The molecule has 3 saturated heterocycles. The molecule has 0 aromatic heterocycles. The van der Waals surface area contributed by atoms with Crippen LogP contribution in [0, 0.1) is 58.2 Å². The average Bonchev–Trinajstić information content (AvgIpc) is 3.49. The number of carboxylic acid groups (broad SMARTS) is 1. The third-order valence-electron chi connectivity index (χ3n) is 18.1. The molecule has 7 fully saturated rings. The fourth-order valence-corrected chi connectivity index (χ4v) is 14.6. The Morgan fingerprint density at radius 2 is 1.30 bits per heavy atom. The van der Waals surface area contributed by atoms with Gasteiger partial charge in [0.25, 0.3) is 0 Å². The summed E-state index contributed by atoms with van der Waals surface area (Å²) in [5.41, 5.74) is -0.631. The topological polar surface area (TPSA) is 315 Å². The summed E-state index contributed by atoms with van der Waals surface area (Å²) in [6.07, 6.45) is -23.7. The van der Waals surface area contributed by atoms with E-state index < -0.39 is 134 Å². The predicted molar refractivity (Wildman–Crippen MR) is 229 cm³/mol. The van der Waals surface area contributed by atoms with Crippen molar-refractivity contribution in [1.29, 1.82) is 0 Å². The van der Waals surface area contributed by atoms with Gasteiger partial charge in [-0.15, -0.1) is 0 Å². The van der Waals surface area contributed by atoms with Crippen LogP contribution >= 0.6 is 0 Å². The first kappa shape index (κ1) is 52.6. The maximum absolute atomic E-state index is 13.1. The van der Waals surface area contributed by atoms with Gasteiger partial charge in [-0.25, -0.2) is 4.79 Å². The van der Waals surface area contributed by atoms with E-state index in [1.807, 2.05) is 13.8 Å². The summed E-state index contributed by atoms with van der Waals surface area (Å²) in [4.78, 5) is 13.1. The monoisotopic (exact) mass is 949 g/mol. The fourth-order valence-electron chi connectivity index (χ4n) is 14.6. The summed E-state index contributed by atoms with van der Waals surface area (Å²) in [7, 11) is 0. The van der Waals surface area contributed by atoms with E-state index in [1.165, 1.54) is 6.92 Å². The van der Waals surface area contributed by atoms with Crippen LogP contribution < -0.4 is 0 Å². The molecule has 4 saturated carbocycles. The first-order valence-electron chi connectivity index (χ1n) is 24.6. The molecule has 4 aliphatic carbocycles. The maximum atomic E-state index is 13.1. The van der Waals surface area contributed by atoms with Crippen LogP contribution in [0.3, 0.4) is 0 Å². The normalized spacial score (nSPS) is 52.2.